The van der Waals surface area contributed by atoms with Crippen LogP contribution in [0.25, 0.3) is 0 Å². The van der Waals surface area contributed by atoms with E-state index in [-0.39, 0.29) is 29.2 Å². The first kappa shape index (κ1) is 30.0. The number of rotatable bonds is 9. The highest BCUT2D eigenvalue weighted by molar-refractivity contribution is 5.96. The number of halogens is 1. The number of hydrogen-bond acceptors (Lipinski definition) is 8. The van der Waals surface area contributed by atoms with Crippen molar-refractivity contribution in [1.29, 1.82) is 0 Å². The number of nitrogens with zero attached hydrogens (tertiary/aromatic N) is 5. The number of benzene rings is 2. The molecule has 3 aromatic rings. The zero-order valence-electron chi connectivity index (χ0n) is 25.4. The molecule has 0 bridgehead atoms. The minimum Gasteiger partial charge on any atom is -0.364 e. The number of carbonyl (C=O) groups excluding carboxylic acids is 2. The van der Waals surface area contributed by atoms with Gasteiger partial charge in [0.25, 0.3) is 11.8 Å². The monoisotopic (exact) mass is 600 g/mol. The summed E-state index contributed by atoms with van der Waals surface area (Å²) in [5.74, 6) is -0.319. The third-order valence-electron chi connectivity index (χ3n) is 9.10. The first-order valence-corrected chi connectivity index (χ1v) is 15.6. The van der Waals surface area contributed by atoms with E-state index in [4.69, 9.17) is 10.7 Å². The Bertz CT molecular complexity index is 1500. The Morgan fingerprint density at radius 2 is 1.77 bits per heavy atom. The van der Waals surface area contributed by atoms with Crippen LogP contribution >= 0.6 is 0 Å². The van der Waals surface area contributed by atoms with Gasteiger partial charge >= 0.3 is 0 Å². The number of aromatic nitrogens is 2. The molecule has 2 aromatic carbocycles. The second kappa shape index (κ2) is 12.9. The van der Waals surface area contributed by atoms with Crippen LogP contribution in [0.5, 0.6) is 0 Å². The quantitative estimate of drug-likeness (QED) is 0.339. The Morgan fingerprint density at radius 3 is 2.45 bits per heavy atom. The van der Waals surface area contributed by atoms with Crippen LogP contribution in [0.2, 0.25) is 0 Å². The number of hydrogen-bond donors (Lipinski definition) is 3. The number of primary amides is 1. The number of likely N-dealkylation sites (N-methyl/N-ethyl adjacent to an activating group) is 1. The van der Waals surface area contributed by atoms with Crippen LogP contribution in [0.3, 0.4) is 0 Å². The molecule has 2 atom stereocenters. The number of amides is 2. The van der Waals surface area contributed by atoms with Crippen molar-refractivity contribution < 1.29 is 14.0 Å². The summed E-state index contributed by atoms with van der Waals surface area (Å²) < 4.78 is 14.8. The molecule has 3 aliphatic rings. The van der Waals surface area contributed by atoms with E-state index in [0.29, 0.717) is 18.3 Å². The zero-order chi connectivity index (χ0) is 30.8. The van der Waals surface area contributed by atoms with Crippen molar-refractivity contribution >= 4 is 29.1 Å². The van der Waals surface area contributed by atoms with Gasteiger partial charge in [0.1, 0.15) is 11.6 Å². The summed E-state index contributed by atoms with van der Waals surface area (Å²) in [5.41, 5.74) is 8.71. The lowest BCUT2D eigenvalue weighted by Gasteiger charge is -2.40. The maximum Gasteiger partial charge on any atom is 0.271 e. The Balaban J connectivity index is 1.14. The second-order valence-electron chi connectivity index (χ2n) is 12.4. The van der Waals surface area contributed by atoms with Gasteiger partial charge in [-0.1, -0.05) is 18.2 Å². The van der Waals surface area contributed by atoms with Crippen LogP contribution in [0, 0.1) is 5.82 Å². The van der Waals surface area contributed by atoms with Crippen LogP contribution in [0.4, 0.5) is 21.7 Å². The fourth-order valence-corrected chi connectivity index (χ4v) is 6.17. The summed E-state index contributed by atoms with van der Waals surface area (Å²) in [4.78, 5) is 41.3. The van der Waals surface area contributed by atoms with Crippen LogP contribution in [-0.4, -0.2) is 83.4 Å². The smallest absolute Gasteiger partial charge is 0.271 e. The predicted octanol–water partition coefficient (Wildman–Crippen LogP) is 3.87. The zero-order valence-corrected chi connectivity index (χ0v) is 25.4. The van der Waals surface area contributed by atoms with Gasteiger partial charge in [0, 0.05) is 57.0 Å². The van der Waals surface area contributed by atoms with E-state index in [1.165, 1.54) is 11.6 Å². The van der Waals surface area contributed by atoms with Gasteiger partial charge in [-0.3, -0.25) is 14.5 Å². The lowest BCUT2D eigenvalue weighted by atomic mass is 9.96. The summed E-state index contributed by atoms with van der Waals surface area (Å²) in [7, 11) is 2.15. The topological polar surface area (TPSA) is 120 Å². The SMILES string of the molecule is C[C@@H]1[C@H](NC(=O)c2ccc(C3CC3)cc2F)CCCN1c1cnc(C(N)=O)c(Nc2ccc(CN3CCN(C)CC3)cc2)n1. The molecule has 4 N–H and O–H groups in total. The maximum absolute atomic E-state index is 14.8. The van der Waals surface area contributed by atoms with Gasteiger partial charge < -0.3 is 26.2 Å². The molecule has 11 heteroatoms. The van der Waals surface area contributed by atoms with Crippen LogP contribution < -0.4 is 21.3 Å². The van der Waals surface area contributed by atoms with Crippen LogP contribution in [-0.2, 0) is 6.54 Å². The minimum absolute atomic E-state index is 0.0508. The summed E-state index contributed by atoms with van der Waals surface area (Å²) in [5, 5.41) is 6.29. The summed E-state index contributed by atoms with van der Waals surface area (Å²) in [6.07, 6.45) is 5.24. The highest BCUT2D eigenvalue weighted by atomic mass is 19.1. The summed E-state index contributed by atoms with van der Waals surface area (Å²) in [6.45, 7) is 7.82. The third-order valence-corrected chi connectivity index (χ3v) is 9.10. The van der Waals surface area contributed by atoms with Gasteiger partial charge in [0.05, 0.1) is 11.8 Å². The van der Waals surface area contributed by atoms with Gasteiger partial charge in [-0.25, -0.2) is 14.4 Å². The number of carbonyl (C=O) groups is 2. The fraction of sp³-hybridized carbons (Fsp3) is 0.455. The number of nitrogens with two attached hydrogens (primary N) is 1. The van der Waals surface area contributed by atoms with Crippen LogP contribution in [0.15, 0.2) is 48.7 Å². The van der Waals surface area contributed by atoms with Crippen molar-refractivity contribution in [3.05, 3.63) is 76.9 Å². The molecular formula is C33H41FN8O2. The molecule has 6 rings (SSSR count). The molecule has 0 radical (unpaired) electrons. The average molecular weight is 601 g/mol. The number of anilines is 3. The van der Waals surface area contributed by atoms with Crippen molar-refractivity contribution in [2.24, 2.45) is 5.73 Å². The molecule has 10 nitrogen and oxygen atoms in total. The van der Waals surface area contributed by atoms with Gasteiger partial charge in [-0.2, -0.15) is 0 Å². The number of piperidine rings is 1. The maximum atomic E-state index is 14.8. The molecule has 1 aromatic heterocycles. The van der Waals surface area contributed by atoms with Gasteiger partial charge in [0.2, 0.25) is 0 Å². The molecule has 3 fully saturated rings. The Hall–Kier alpha value is -4.09. The third kappa shape index (κ3) is 6.84. The fourth-order valence-electron chi connectivity index (χ4n) is 6.17. The molecule has 0 spiro atoms. The number of piperazine rings is 1. The van der Waals surface area contributed by atoms with Gasteiger partial charge in [-0.15, -0.1) is 0 Å². The van der Waals surface area contributed by atoms with E-state index in [1.54, 1.807) is 12.3 Å². The van der Waals surface area contributed by atoms with Crippen LogP contribution in [0.1, 0.15) is 70.5 Å². The molecule has 44 heavy (non-hydrogen) atoms. The van der Waals surface area contributed by atoms with Crippen molar-refractivity contribution in [2.75, 3.05) is 50.0 Å². The minimum atomic E-state index is -0.676. The molecule has 1 saturated carbocycles. The molecule has 0 unspecified atom stereocenters. The average Bonchev–Trinajstić information content (AvgIpc) is 3.86. The highest BCUT2D eigenvalue weighted by Gasteiger charge is 2.32. The molecule has 232 valence electrons. The first-order chi connectivity index (χ1) is 21.2. The summed E-state index contributed by atoms with van der Waals surface area (Å²) >= 11 is 0. The number of nitrogens with one attached hydrogen (secondary N) is 2. The Kier molecular flexibility index (Phi) is 8.76. The molecular weight excluding hydrogens is 559 g/mol. The van der Waals surface area contributed by atoms with Crippen molar-refractivity contribution in [1.82, 2.24) is 25.1 Å². The standard InChI is InChI=1S/C33H41FN8O2/c1-21-28(38-33(44)26-12-9-24(18-27(26)34)23-7-8-23)4-3-13-42(21)29-19-36-30(31(35)43)32(39-29)37-25-10-5-22(6-11-25)20-41-16-14-40(2)15-17-41/h5-6,9-12,18-19,21,23,28H,3-4,7-8,13-17,20H2,1-2H3,(H2,35,43)(H,37,39)(H,38,44)/t21-,28-/m1/s1. The summed E-state index contributed by atoms with van der Waals surface area (Å²) in [6, 6.07) is 12.7. The van der Waals surface area contributed by atoms with Crippen molar-refractivity contribution in [2.45, 2.75) is 57.2 Å². The molecule has 2 amide bonds. The lowest BCUT2D eigenvalue weighted by molar-refractivity contribution is 0.0919. The van der Waals surface area contributed by atoms with Gasteiger partial charge in [0.15, 0.2) is 11.5 Å². The van der Waals surface area contributed by atoms with E-state index in [1.807, 2.05) is 25.1 Å². The van der Waals surface area contributed by atoms with Crippen molar-refractivity contribution in [3.63, 3.8) is 0 Å². The van der Waals surface area contributed by atoms with Crippen molar-refractivity contribution in [3.8, 4) is 0 Å². The van der Waals surface area contributed by atoms with E-state index in [0.717, 1.165) is 69.7 Å². The molecule has 3 heterocycles. The van der Waals surface area contributed by atoms with E-state index < -0.39 is 17.6 Å². The van der Waals surface area contributed by atoms with E-state index >= 15 is 0 Å². The van der Waals surface area contributed by atoms with E-state index in [2.05, 4.69) is 49.5 Å². The molecule has 1 aliphatic carbocycles. The normalized spacial score (nSPS) is 21.2. The molecule has 2 aliphatic heterocycles. The Labute approximate surface area is 257 Å². The molecule has 2 saturated heterocycles. The largest absolute Gasteiger partial charge is 0.364 e. The second-order valence-corrected chi connectivity index (χ2v) is 12.4. The van der Waals surface area contributed by atoms with Gasteiger partial charge in [-0.05, 0) is 81.0 Å². The first-order valence-electron chi connectivity index (χ1n) is 15.6. The Morgan fingerprint density at radius 1 is 1.02 bits per heavy atom. The van der Waals surface area contributed by atoms with E-state index in [9.17, 15) is 14.0 Å². The lowest BCUT2D eigenvalue weighted by Crippen LogP contribution is -2.54. The predicted molar refractivity (Wildman–Crippen MR) is 169 cm³/mol. The highest BCUT2D eigenvalue weighted by Crippen LogP contribution is 2.40.